The van der Waals surface area contributed by atoms with Crippen molar-refractivity contribution in [3.05, 3.63) is 36.6 Å². The van der Waals surface area contributed by atoms with Crippen LogP contribution >= 0.6 is 0 Å². The molecule has 1 N–H and O–H groups in total. The standard InChI is InChI=1S/C9H10O6S2.Rb.H/c1-7(2)15-17(13,14)9-5-3-8(4-6-9)16(10,11)12;;/h3-6H,1H2,2H3,(H,10,11,12);;/q;+1;-1. The fraction of sp³-hybridized carbons (Fsp3) is 0.111. The van der Waals surface area contributed by atoms with Gasteiger partial charge in [-0.3, -0.25) is 4.55 Å². The van der Waals surface area contributed by atoms with Crippen LogP contribution in [-0.2, 0) is 24.4 Å². The molecular formula is C9H11O6RbS2. The maximum absolute atomic E-state index is 11.5. The fourth-order valence-electron chi connectivity index (χ4n) is 1.01. The summed E-state index contributed by atoms with van der Waals surface area (Å²) in [6.07, 6.45) is 0. The summed E-state index contributed by atoms with van der Waals surface area (Å²) < 4.78 is 57.7. The molecule has 0 amide bonds. The molecule has 0 radical (unpaired) electrons. The van der Waals surface area contributed by atoms with Crippen LogP contribution in [0.15, 0.2) is 46.4 Å². The van der Waals surface area contributed by atoms with E-state index >= 15 is 0 Å². The SMILES string of the molecule is C=C(C)OS(=O)(=O)c1ccc(S(=O)(=O)O)cc1.[H-].[Rb+]. The molecular weight excluding hydrogens is 354 g/mol. The Morgan fingerprint density at radius 2 is 1.56 bits per heavy atom. The molecule has 1 aromatic carbocycles. The van der Waals surface area contributed by atoms with Gasteiger partial charge in [0.1, 0.15) is 10.7 Å². The van der Waals surface area contributed by atoms with Gasteiger partial charge in [-0.1, -0.05) is 6.58 Å². The van der Waals surface area contributed by atoms with E-state index in [2.05, 4.69) is 10.8 Å². The van der Waals surface area contributed by atoms with E-state index in [0.29, 0.717) is 0 Å². The molecule has 0 spiro atoms. The molecule has 1 aromatic rings. The van der Waals surface area contributed by atoms with Gasteiger partial charge < -0.3 is 5.61 Å². The van der Waals surface area contributed by atoms with Gasteiger partial charge in [0, 0.05) is 0 Å². The van der Waals surface area contributed by atoms with Gasteiger partial charge in [-0.15, -0.1) is 0 Å². The first-order valence-electron chi connectivity index (χ1n) is 4.30. The Kier molecular flexibility index (Phi) is 6.89. The molecule has 96 valence electrons. The van der Waals surface area contributed by atoms with Crippen LogP contribution in [0.3, 0.4) is 0 Å². The second-order valence-corrected chi connectivity index (χ2v) is 6.15. The van der Waals surface area contributed by atoms with Gasteiger partial charge in [0.2, 0.25) is 0 Å². The summed E-state index contributed by atoms with van der Waals surface area (Å²) in [7, 11) is -8.34. The summed E-state index contributed by atoms with van der Waals surface area (Å²) >= 11 is 0. The van der Waals surface area contributed by atoms with E-state index in [-0.39, 0.29) is 70.3 Å². The van der Waals surface area contributed by atoms with E-state index in [1.807, 2.05) is 0 Å². The Morgan fingerprint density at radius 3 is 1.89 bits per heavy atom. The fourth-order valence-corrected chi connectivity index (χ4v) is 2.43. The van der Waals surface area contributed by atoms with E-state index < -0.39 is 25.1 Å². The summed E-state index contributed by atoms with van der Waals surface area (Å²) in [6.45, 7) is 4.65. The Hall–Kier alpha value is 0.425. The minimum atomic E-state index is -4.34. The van der Waals surface area contributed by atoms with E-state index in [1.165, 1.54) is 6.92 Å². The van der Waals surface area contributed by atoms with Gasteiger partial charge in [-0.25, -0.2) is 0 Å². The summed E-state index contributed by atoms with van der Waals surface area (Å²) in [5.74, 6) is -0.0103. The summed E-state index contributed by atoms with van der Waals surface area (Å²) in [5, 5.41) is 0. The number of hydrogen-bond donors (Lipinski definition) is 1. The molecule has 0 atom stereocenters. The van der Waals surface area contributed by atoms with Crippen molar-refractivity contribution in [2.45, 2.75) is 16.7 Å². The Bertz CT molecular complexity index is 636. The molecule has 0 bridgehead atoms. The molecule has 0 aliphatic carbocycles. The minimum absolute atomic E-state index is 0. The number of hydrogen-bond acceptors (Lipinski definition) is 5. The first-order valence-corrected chi connectivity index (χ1v) is 7.15. The third-order valence-corrected chi connectivity index (χ3v) is 3.88. The van der Waals surface area contributed by atoms with E-state index in [0.717, 1.165) is 24.3 Å². The third kappa shape index (κ3) is 5.20. The van der Waals surface area contributed by atoms with Gasteiger partial charge in [0.15, 0.2) is 0 Å². The van der Waals surface area contributed by atoms with Crippen molar-refractivity contribution in [3.8, 4) is 0 Å². The Labute approximate surface area is 156 Å². The van der Waals surface area contributed by atoms with Crippen LogP contribution in [0.1, 0.15) is 8.35 Å². The largest absolute Gasteiger partial charge is 1.00 e. The molecule has 0 aliphatic heterocycles. The van der Waals surface area contributed by atoms with Crippen molar-refractivity contribution in [1.29, 1.82) is 0 Å². The smallest absolute Gasteiger partial charge is 1.00 e. The van der Waals surface area contributed by atoms with Crippen molar-refractivity contribution in [3.63, 3.8) is 0 Å². The number of benzene rings is 1. The molecule has 0 saturated heterocycles. The Morgan fingerprint density at radius 1 is 1.17 bits per heavy atom. The maximum atomic E-state index is 11.5. The van der Waals surface area contributed by atoms with Crippen molar-refractivity contribution in [1.82, 2.24) is 0 Å². The molecule has 0 unspecified atom stereocenters. The second kappa shape index (κ2) is 6.73. The molecule has 0 aliphatic rings. The minimum Gasteiger partial charge on any atom is -1.00 e. The first-order chi connectivity index (χ1) is 7.63. The molecule has 1 rings (SSSR count). The monoisotopic (exact) mass is 364 g/mol. The van der Waals surface area contributed by atoms with Crippen LogP contribution in [0, 0.1) is 0 Å². The van der Waals surface area contributed by atoms with Crippen molar-refractivity contribution in [2.75, 3.05) is 0 Å². The summed E-state index contributed by atoms with van der Waals surface area (Å²) in [4.78, 5) is -0.625. The molecule has 0 aromatic heterocycles. The van der Waals surface area contributed by atoms with E-state index in [9.17, 15) is 16.8 Å². The van der Waals surface area contributed by atoms with E-state index in [1.54, 1.807) is 0 Å². The van der Waals surface area contributed by atoms with E-state index in [4.69, 9.17) is 4.55 Å². The Balaban J connectivity index is 0. The third-order valence-electron chi connectivity index (χ3n) is 1.66. The van der Waals surface area contributed by atoms with Crippen LogP contribution in [0.25, 0.3) is 0 Å². The van der Waals surface area contributed by atoms with Crippen molar-refractivity contribution < 1.29 is 85.2 Å². The van der Waals surface area contributed by atoms with Crippen molar-refractivity contribution in [2.24, 2.45) is 0 Å². The van der Waals surface area contributed by atoms with Crippen LogP contribution < -0.4 is 58.2 Å². The van der Waals surface area contributed by atoms with Crippen molar-refractivity contribution >= 4 is 20.2 Å². The van der Waals surface area contributed by atoms with Gasteiger partial charge >= 0.3 is 68.3 Å². The summed E-state index contributed by atoms with van der Waals surface area (Å²) in [6, 6.07) is 3.96. The van der Waals surface area contributed by atoms with Crippen LogP contribution in [0.5, 0.6) is 0 Å². The first kappa shape index (κ1) is 18.4. The zero-order chi connectivity index (χ0) is 13.3. The average molecular weight is 365 g/mol. The van der Waals surface area contributed by atoms with Gasteiger partial charge in [-0.2, -0.15) is 16.8 Å². The summed E-state index contributed by atoms with van der Waals surface area (Å²) in [5.41, 5.74) is 0. The number of rotatable bonds is 4. The number of allylic oxidation sites excluding steroid dienone is 1. The molecule has 18 heavy (non-hydrogen) atoms. The molecule has 9 heteroatoms. The maximum Gasteiger partial charge on any atom is 1.00 e. The predicted molar refractivity (Wildman–Crippen MR) is 60.5 cm³/mol. The molecule has 6 nitrogen and oxygen atoms in total. The quantitative estimate of drug-likeness (QED) is 0.388. The molecule has 0 fully saturated rings. The topological polar surface area (TPSA) is 97.7 Å². The van der Waals surface area contributed by atoms with Gasteiger partial charge in [-0.05, 0) is 31.2 Å². The average Bonchev–Trinajstić information content (AvgIpc) is 2.14. The normalized spacial score (nSPS) is 11.4. The predicted octanol–water partition coefficient (Wildman–Crippen LogP) is -1.71. The van der Waals surface area contributed by atoms with Crippen LogP contribution in [0.2, 0.25) is 0 Å². The van der Waals surface area contributed by atoms with Crippen LogP contribution in [0.4, 0.5) is 0 Å². The zero-order valence-corrected chi connectivity index (χ0v) is 16.4. The molecule has 0 saturated carbocycles. The van der Waals surface area contributed by atoms with Crippen LogP contribution in [-0.4, -0.2) is 21.4 Å². The van der Waals surface area contributed by atoms with Gasteiger partial charge in [0.25, 0.3) is 10.1 Å². The molecule has 0 heterocycles. The van der Waals surface area contributed by atoms with Gasteiger partial charge in [0.05, 0.1) is 4.90 Å². The second-order valence-electron chi connectivity index (χ2n) is 3.19. The zero-order valence-electron chi connectivity index (χ0n) is 10.8.